The van der Waals surface area contributed by atoms with Gasteiger partial charge in [0.15, 0.2) is 0 Å². The summed E-state index contributed by atoms with van der Waals surface area (Å²) >= 11 is 1.81. The summed E-state index contributed by atoms with van der Waals surface area (Å²) in [4.78, 5) is 0. The first-order chi connectivity index (χ1) is 8.42. The van der Waals surface area contributed by atoms with Crippen molar-refractivity contribution in [2.45, 2.75) is 0 Å². The minimum absolute atomic E-state index is 1.31. The molecule has 4 rings (SSSR count). The minimum Gasteiger partial charge on any atom is -0.144 e. The fraction of sp³-hybridized carbons (Fsp3) is 0. The molecule has 0 nitrogen and oxygen atoms in total. The van der Waals surface area contributed by atoms with Crippen LogP contribution in [-0.4, -0.2) is 0 Å². The summed E-state index contributed by atoms with van der Waals surface area (Å²) in [6.45, 7) is 0. The maximum Gasteiger partial charge on any atom is 0.0349 e. The molecule has 0 aliphatic carbocycles. The van der Waals surface area contributed by atoms with Crippen molar-refractivity contribution in [1.29, 1.82) is 0 Å². The largest absolute Gasteiger partial charge is 0.144 e. The number of hydrogen-bond donors (Lipinski definition) is 0. The zero-order chi connectivity index (χ0) is 11.2. The molecule has 0 aliphatic heterocycles. The molecule has 0 unspecified atom stereocenters. The second-order valence-electron chi connectivity index (χ2n) is 4.32. The van der Waals surface area contributed by atoms with Gasteiger partial charge < -0.3 is 0 Å². The summed E-state index contributed by atoms with van der Waals surface area (Å²) < 4.78 is 1.37. The van der Waals surface area contributed by atoms with Crippen LogP contribution in [0.5, 0.6) is 0 Å². The Morgan fingerprint density at radius 1 is 0.647 bits per heavy atom. The lowest BCUT2D eigenvalue weighted by Crippen LogP contribution is -1.76. The highest BCUT2D eigenvalue weighted by Gasteiger charge is 2.02. The van der Waals surface area contributed by atoms with E-state index in [-0.39, 0.29) is 0 Å². The van der Waals surface area contributed by atoms with Crippen LogP contribution >= 0.6 is 11.3 Å². The number of benzene rings is 3. The first kappa shape index (κ1) is 9.20. The Bertz CT molecular complexity index is 840. The van der Waals surface area contributed by atoms with Gasteiger partial charge in [-0.05, 0) is 50.5 Å². The van der Waals surface area contributed by atoms with E-state index >= 15 is 0 Å². The monoisotopic (exact) mass is 234 g/mol. The highest BCUT2D eigenvalue weighted by atomic mass is 32.1. The molecule has 1 heteroatoms. The molecule has 1 heterocycles. The van der Waals surface area contributed by atoms with Crippen LogP contribution in [0.25, 0.3) is 31.6 Å². The van der Waals surface area contributed by atoms with Crippen molar-refractivity contribution in [3.8, 4) is 0 Å². The molecule has 3 aromatic carbocycles. The van der Waals surface area contributed by atoms with E-state index in [0.29, 0.717) is 0 Å². The van der Waals surface area contributed by atoms with Gasteiger partial charge in [0.1, 0.15) is 0 Å². The first-order valence-corrected chi connectivity index (χ1v) is 6.58. The van der Waals surface area contributed by atoms with Gasteiger partial charge in [-0.1, -0.05) is 36.4 Å². The van der Waals surface area contributed by atoms with E-state index in [2.05, 4.69) is 60.0 Å². The van der Waals surface area contributed by atoms with Crippen molar-refractivity contribution in [3.05, 3.63) is 60.0 Å². The molecule has 0 spiro atoms. The Hall–Kier alpha value is -1.86. The predicted octanol–water partition coefficient (Wildman–Crippen LogP) is 5.21. The normalized spacial score (nSPS) is 11.5. The number of thiophene rings is 1. The molecular formula is C16H10S. The number of rotatable bonds is 0. The highest BCUT2D eigenvalue weighted by Crippen LogP contribution is 2.31. The van der Waals surface area contributed by atoms with Crippen LogP contribution < -0.4 is 0 Å². The lowest BCUT2D eigenvalue weighted by Gasteiger charge is -2.04. The second kappa shape index (κ2) is 3.31. The van der Waals surface area contributed by atoms with Crippen LogP contribution in [0.3, 0.4) is 0 Å². The molecule has 0 amide bonds. The van der Waals surface area contributed by atoms with Gasteiger partial charge in [-0.25, -0.2) is 0 Å². The lowest BCUT2D eigenvalue weighted by atomic mass is 10.0. The summed E-state index contributed by atoms with van der Waals surface area (Å²) in [5, 5.41) is 8.85. The molecule has 0 aliphatic rings. The van der Waals surface area contributed by atoms with Gasteiger partial charge in [-0.2, -0.15) is 0 Å². The molecule has 1 aromatic heterocycles. The molecule has 4 aromatic rings. The average Bonchev–Trinajstić information content (AvgIpc) is 2.83. The maximum absolute atomic E-state index is 2.31. The predicted molar refractivity (Wildman–Crippen MR) is 76.8 cm³/mol. The number of fused-ring (bicyclic) bond motifs is 4. The molecule has 0 radical (unpaired) electrons. The van der Waals surface area contributed by atoms with E-state index in [1.165, 1.54) is 31.6 Å². The third kappa shape index (κ3) is 1.29. The van der Waals surface area contributed by atoms with Crippen molar-refractivity contribution in [3.63, 3.8) is 0 Å². The highest BCUT2D eigenvalue weighted by molar-refractivity contribution is 7.17. The molecule has 80 valence electrons. The smallest absolute Gasteiger partial charge is 0.0349 e. The molecule has 0 atom stereocenters. The minimum atomic E-state index is 1.31. The zero-order valence-corrected chi connectivity index (χ0v) is 10.00. The molecule has 0 bridgehead atoms. The standard InChI is InChI=1S/C16H10S/c1-2-4-14-11(3-1)5-6-12-10-16-13(7-8-17-16)9-15(12)14/h1-10H. The van der Waals surface area contributed by atoms with E-state index in [1.807, 2.05) is 11.3 Å². The molecule has 0 N–H and O–H groups in total. The summed E-state index contributed by atoms with van der Waals surface area (Å²) in [6.07, 6.45) is 0. The summed E-state index contributed by atoms with van der Waals surface area (Å²) in [5.41, 5.74) is 0. The van der Waals surface area contributed by atoms with E-state index in [4.69, 9.17) is 0 Å². The van der Waals surface area contributed by atoms with Crippen molar-refractivity contribution in [1.82, 2.24) is 0 Å². The van der Waals surface area contributed by atoms with E-state index in [1.54, 1.807) is 0 Å². The second-order valence-corrected chi connectivity index (χ2v) is 5.27. The van der Waals surface area contributed by atoms with Crippen molar-refractivity contribution in [2.24, 2.45) is 0 Å². The molecule has 17 heavy (non-hydrogen) atoms. The van der Waals surface area contributed by atoms with Gasteiger partial charge in [0.25, 0.3) is 0 Å². The Kier molecular flexibility index (Phi) is 1.79. The Morgan fingerprint density at radius 2 is 1.53 bits per heavy atom. The Labute approximate surface area is 103 Å². The van der Waals surface area contributed by atoms with Gasteiger partial charge in [0.2, 0.25) is 0 Å². The summed E-state index contributed by atoms with van der Waals surface area (Å²) in [6, 6.07) is 19.8. The Balaban J connectivity index is 2.30. The van der Waals surface area contributed by atoms with Crippen molar-refractivity contribution >= 4 is 43.0 Å². The quantitative estimate of drug-likeness (QED) is 0.366. The lowest BCUT2D eigenvalue weighted by molar-refractivity contribution is 1.80. The SMILES string of the molecule is c1ccc2c(c1)ccc1cc3sccc3cc12. The molecule has 0 fully saturated rings. The van der Waals surface area contributed by atoms with E-state index in [9.17, 15) is 0 Å². The van der Waals surface area contributed by atoms with Crippen LogP contribution in [-0.2, 0) is 0 Å². The van der Waals surface area contributed by atoms with E-state index < -0.39 is 0 Å². The summed E-state index contributed by atoms with van der Waals surface area (Å²) in [5.74, 6) is 0. The van der Waals surface area contributed by atoms with Gasteiger partial charge in [-0.3, -0.25) is 0 Å². The number of hydrogen-bond acceptors (Lipinski definition) is 1. The van der Waals surface area contributed by atoms with Crippen molar-refractivity contribution < 1.29 is 0 Å². The maximum atomic E-state index is 2.31. The first-order valence-electron chi connectivity index (χ1n) is 5.70. The third-order valence-electron chi connectivity index (χ3n) is 3.32. The van der Waals surface area contributed by atoms with Gasteiger partial charge in [-0.15, -0.1) is 11.3 Å². The zero-order valence-electron chi connectivity index (χ0n) is 9.18. The van der Waals surface area contributed by atoms with Gasteiger partial charge in [0.05, 0.1) is 0 Å². The van der Waals surface area contributed by atoms with Crippen LogP contribution in [0.15, 0.2) is 60.0 Å². The fourth-order valence-corrected chi connectivity index (χ4v) is 3.28. The van der Waals surface area contributed by atoms with Crippen LogP contribution in [0, 0.1) is 0 Å². The summed E-state index contributed by atoms with van der Waals surface area (Å²) in [7, 11) is 0. The van der Waals surface area contributed by atoms with Gasteiger partial charge >= 0.3 is 0 Å². The van der Waals surface area contributed by atoms with Crippen LogP contribution in [0.4, 0.5) is 0 Å². The average molecular weight is 234 g/mol. The van der Waals surface area contributed by atoms with Crippen molar-refractivity contribution in [2.75, 3.05) is 0 Å². The Morgan fingerprint density at radius 3 is 2.53 bits per heavy atom. The molecule has 0 saturated carbocycles. The fourth-order valence-electron chi connectivity index (χ4n) is 2.46. The third-order valence-corrected chi connectivity index (χ3v) is 4.20. The topological polar surface area (TPSA) is 0 Å². The van der Waals surface area contributed by atoms with Crippen LogP contribution in [0.2, 0.25) is 0 Å². The van der Waals surface area contributed by atoms with Gasteiger partial charge in [0, 0.05) is 4.70 Å². The molecule has 0 saturated heterocycles. The molecular weight excluding hydrogens is 224 g/mol. The van der Waals surface area contributed by atoms with E-state index in [0.717, 1.165) is 0 Å². The van der Waals surface area contributed by atoms with Crippen LogP contribution in [0.1, 0.15) is 0 Å².